The van der Waals surface area contributed by atoms with Gasteiger partial charge in [0.25, 0.3) is 0 Å². The summed E-state index contributed by atoms with van der Waals surface area (Å²) in [6, 6.07) is 47.3. The molecule has 0 fully saturated rings. The third kappa shape index (κ3) is 10.4. The average molecular weight is 1170 g/mol. The molecular weight excluding hydrogens is 1110 g/mol. The van der Waals surface area contributed by atoms with Crippen LogP contribution in [0.2, 0.25) is 19.6 Å². The van der Waals surface area contributed by atoms with E-state index in [2.05, 4.69) is 176 Å². The first kappa shape index (κ1) is 46.8. The van der Waals surface area contributed by atoms with Crippen LogP contribution in [0, 0.1) is 30.9 Å². The van der Waals surface area contributed by atoms with Crippen molar-refractivity contribution in [1.29, 1.82) is 0 Å². The minimum absolute atomic E-state index is 0. The molecule has 11 aromatic rings. The van der Waals surface area contributed by atoms with Gasteiger partial charge in [0.1, 0.15) is 0 Å². The summed E-state index contributed by atoms with van der Waals surface area (Å²) in [5.41, 5.74) is 13.4. The molecule has 375 valence electrons. The standard InChI is InChI=1S/C46H38N5O.C18H23FNSi.Ir/c1-29(2)30(3)40-24-22-37-38-27-47-28-39(44(38)52-46(37)50-40)45-49-41-23-21-33-17-11-25-48-42(33)43(41)51(45)26-12-20-36-34(31-13-6-4-7-14-31)18-10-19-35(36)32-15-8-5-9-16-32;1-12(2)15-10-17(20-11-18(15)21(4,5)6)14-8-7-13(3)9-16(14)19;/h4-11,13-19,21-25,27,29-30H,12,20,26H2,1-3H3;7,9-12H,1-6H3;/q2*-1;/i;3D3,12D;. The number of rotatable bonds is 12. The summed E-state index contributed by atoms with van der Waals surface area (Å²) in [4.78, 5) is 24.1. The fraction of sp³-hybridized carbons (Fsp3) is 0.234. The zero-order chi connectivity index (χ0) is 54.4. The van der Waals surface area contributed by atoms with Crippen molar-refractivity contribution in [1.82, 2.24) is 29.5 Å². The van der Waals surface area contributed by atoms with Gasteiger partial charge in [-0.2, -0.15) is 0 Å². The first-order valence-electron chi connectivity index (χ1n) is 27.1. The first-order valence-corrected chi connectivity index (χ1v) is 28.6. The normalized spacial score (nSPS) is 13.3. The third-order valence-corrected chi connectivity index (χ3v) is 15.9. The predicted octanol–water partition coefficient (Wildman–Crippen LogP) is 16.1. The zero-order valence-electron chi connectivity index (χ0n) is 47.0. The third-order valence-electron chi connectivity index (χ3n) is 13.9. The van der Waals surface area contributed by atoms with Crippen molar-refractivity contribution in [3.05, 3.63) is 193 Å². The van der Waals surface area contributed by atoms with E-state index >= 15 is 0 Å². The molecule has 0 bridgehead atoms. The molecule has 74 heavy (non-hydrogen) atoms. The van der Waals surface area contributed by atoms with E-state index in [1.54, 1.807) is 26.1 Å². The van der Waals surface area contributed by atoms with E-state index in [0.717, 1.165) is 79.4 Å². The van der Waals surface area contributed by atoms with Crippen LogP contribution in [0.5, 0.6) is 0 Å². The SMILES string of the molecule is CC(C)C(C)c1ccc2c(n1)oc1c(-c3nc4ccc5cccnc5c4n3CCCc3c(-c4ccccc4)cccc3-c3ccccc3)[c-]ncc12.[2H]C([2H])([2H])c1c[c-]c(-c2cc(C([2H])(C)C)c([Si](C)(C)C)cn2)c(F)c1.[Ir]. The number of benzene rings is 5. The molecule has 1 unspecified atom stereocenters. The van der Waals surface area contributed by atoms with Gasteiger partial charge >= 0.3 is 0 Å². The van der Waals surface area contributed by atoms with Crippen molar-refractivity contribution >= 4 is 57.3 Å². The summed E-state index contributed by atoms with van der Waals surface area (Å²) in [5, 5.41) is 3.99. The second-order valence-electron chi connectivity index (χ2n) is 20.5. The second kappa shape index (κ2) is 21.9. The van der Waals surface area contributed by atoms with Crippen molar-refractivity contribution in [3.8, 4) is 44.9 Å². The van der Waals surface area contributed by atoms with E-state index in [1.165, 1.54) is 33.9 Å². The molecule has 0 spiro atoms. The number of nitrogens with zero attached hydrogens (tertiary/aromatic N) is 6. The minimum atomic E-state index is -2.38. The van der Waals surface area contributed by atoms with Crippen molar-refractivity contribution in [2.24, 2.45) is 5.92 Å². The van der Waals surface area contributed by atoms with E-state index < -0.39 is 26.6 Å². The van der Waals surface area contributed by atoms with Gasteiger partial charge in [0.2, 0.25) is 5.71 Å². The molecule has 0 N–H and O–H groups in total. The molecular formula is C64H61FIrN6OSi-2. The van der Waals surface area contributed by atoms with Gasteiger partial charge in [-0.15, -0.1) is 23.8 Å². The molecule has 0 aliphatic heterocycles. The smallest absolute Gasteiger partial charge is 0.216 e. The number of halogens is 1. The van der Waals surface area contributed by atoms with Crippen LogP contribution in [0.25, 0.3) is 88.9 Å². The number of hydrogen-bond acceptors (Lipinski definition) is 6. The Morgan fingerprint density at radius 2 is 1.50 bits per heavy atom. The van der Waals surface area contributed by atoms with Gasteiger partial charge in [0.05, 0.1) is 36.0 Å². The average Bonchev–Trinajstić information content (AvgIpc) is 3.99. The second-order valence-corrected chi connectivity index (χ2v) is 25.5. The van der Waals surface area contributed by atoms with Gasteiger partial charge < -0.3 is 19.0 Å². The molecule has 11 rings (SSSR count). The Bertz CT molecular complexity index is 3890. The molecule has 1 atom stereocenters. The zero-order valence-corrected chi connectivity index (χ0v) is 46.4. The largest absolute Gasteiger partial charge is 0.486 e. The molecule has 0 saturated heterocycles. The van der Waals surface area contributed by atoms with Crippen LogP contribution in [-0.4, -0.2) is 37.6 Å². The molecule has 0 aliphatic rings. The molecule has 0 saturated carbocycles. The summed E-state index contributed by atoms with van der Waals surface area (Å²) in [6.07, 6.45) is 10.4. The minimum Gasteiger partial charge on any atom is -0.486 e. The maximum atomic E-state index is 14.5. The van der Waals surface area contributed by atoms with Crippen molar-refractivity contribution in [2.75, 3.05) is 0 Å². The van der Waals surface area contributed by atoms with Crippen LogP contribution in [0.15, 0.2) is 156 Å². The van der Waals surface area contributed by atoms with Gasteiger partial charge in [-0.05, 0) is 111 Å². The predicted molar refractivity (Wildman–Crippen MR) is 301 cm³/mol. The summed E-state index contributed by atoms with van der Waals surface area (Å²) >= 11 is 0. The number of furan rings is 1. The Hall–Kier alpha value is -6.97. The quantitative estimate of drug-likeness (QED) is 0.0895. The van der Waals surface area contributed by atoms with E-state index in [1.807, 2.05) is 18.5 Å². The van der Waals surface area contributed by atoms with E-state index in [0.29, 0.717) is 35.4 Å². The van der Waals surface area contributed by atoms with Gasteiger partial charge in [0, 0.05) is 72.7 Å². The summed E-state index contributed by atoms with van der Waals surface area (Å²) in [5.74, 6) is 0.0201. The van der Waals surface area contributed by atoms with E-state index in [4.69, 9.17) is 24.9 Å². The molecule has 10 heteroatoms. The van der Waals surface area contributed by atoms with E-state index in [-0.39, 0.29) is 31.2 Å². The Balaban J connectivity index is 0.000000241. The van der Waals surface area contributed by atoms with Crippen molar-refractivity contribution in [2.45, 2.75) is 92.3 Å². The molecule has 0 amide bonds. The van der Waals surface area contributed by atoms with Crippen LogP contribution in [0.4, 0.5) is 4.39 Å². The van der Waals surface area contributed by atoms with Gasteiger partial charge in [0.15, 0.2) is 0 Å². The van der Waals surface area contributed by atoms with Crippen molar-refractivity contribution in [3.63, 3.8) is 0 Å². The fourth-order valence-electron chi connectivity index (χ4n) is 9.76. The van der Waals surface area contributed by atoms with Gasteiger partial charge in [-0.25, -0.2) is 4.98 Å². The molecule has 6 heterocycles. The molecule has 1 radical (unpaired) electrons. The van der Waals surface area contributed by atoms with Crippen LogP contribution in [0.3, 0.4) is 0 Å². The van der Waals surface area contributed by atoms with Crippen molar-refractivity contribution < 1.29 is 34.4 Å². The molecule has 6 aromatic heterocycles. The molecule has 0 aliphatic carbocycles. The summed E-state index contributed by atoms with van der Waals surface area (Å²) in [7, 11) is -1.72. The summed E-state index contributed by atoms with van der Waals surface area (Å²) < 4.78 is 53.9. The Morgan fingerprint density at radius 1 is 0.770 bits per heavy atom. The molecule has 7 nitrogen and oxygen atoms in total. The maximum Gasteiger partial charge on any atom is 0.216 e. The monoisotopic (exact) mass is 1170 g/mol. The number of imidazole rings is 1. The number of pyridine rings is 4. The van der Waals surface area contributed by atoms with Gasteiger partial charge in [-0.3, -0.25) is 14.4 Å². The number of fused-ring (bicyclic) bond motifs is 6. The maximum absolute atomic E-state index is 14.5. The van der Waals surface area contributed by atoms with E-state index in [9.17, 15) is 4.39 Å². The Labute approximate surface area is 454 Å². The molecule has 5 aromatic carbocycles. The van der Waals surface area contributed by atoms with Crippen LogP contribution in [0.1, 0.15) is 80.7 Å². The Morgan fingerprint density at radius 3 is 2.16 bits per heavy atom. The van der Waals surface area contributed by atoms with Crippen LogP contribution in [-0.2, 0) is 33.1 Å². The topological polar surface area (TPSA) is 82.5 Å². The number of aromatic nitrogens is 6. The van der Waals surface area contributed by atoms with Gasteiger partial charge in [-0.1, -0.05) is 169 Å². The number of hydrogen-bond donors (Lipinski definition) is 0. The fourth-order valence-corrected chi connectivity index (χ4v) is 11.3. The van der Waals surface area contributed by atoms with Crippen LogP contribution < -0.4 is 5.19 Å². The Kier molecular flexibility index (Phi) is 13.8. The number of aryl methyl sites for hydroxylation is 2. The summed E-state index contributed by atoms with van der Waals surface area (Å²) in [6.45, 7) is 15.1. The van der Waals surface area contributed by atoms with Crippen LogP contribution >= 0.6 is 0 Å². The first-order chi connectivity index (χ1) is 36.8.